The van der Waals surface area contributed by atoms with Gasteiger partial charge < -0.3 is 0 Å². The van der Waals surface area contributed by atoms with Crippen molar-refractivity contribution in [1.29, 1.82) is 0 Å². The first-order valence-electron chi connectivity index (χ1n) is 14.5. The van der Waals surface area contributed by atoms with Gasteiger partial charge in [-0.05, 0) is 49.2 Å². The summed E-state index contributed by atoms with van der Waals surface area (Å²) in [5.41, 5.74) is 8.05. The van der Waals surface area contributed by atoms with Crippen molar-refractivity contribution >= 4 is 9.84 Å². The molecule has 0 amide bonds. The molecule has 7 heteroatoms. The lowest BCUT2D eigenvalue weighted by molar-refractivity contribution is 0.581. The Kier molecular flexibility index (Phi) is 8.37. The summed E-state index contributed by atoms with van der Waals surface area (Å²) in [5, 5.41) is 0. The van der Waals surface area contributed by atoms with E-state index in [1.54, 1.807) is 24.5 Å². The summed E-state index contributed by atoms with van der Waals surface area (Å²) in [6, 6.07) is 32.3. The molecule has 6 aromatic rings. The molecule has 2 heterocycles. The van der Waals surface area contributed by atoms with Gasteiger partial charge in [-0.15, -0.1) is 0 Å². The SMILES string of the molecule is Cc1cccc(-c2cccnc2-c2ccc(CS(=O)(=O)Cc3ccc(-c4ncccc4-c4cccc(C)c4)cc3F)c(F)c2)c1. The van der Waals surface area contributed by atoms with E-state index in [4.69, 9.17) is 0 Å². The summed E-state index contributed by atoms with van der Waals surface area (Å²) >= 11 is 0. The standard InChI is InChI=1S/C38H30F2N2O2S/c1-25-7-3-9-27(19-25)33-11-5-17-41-37(33)29-13-15-31(35(39)21-29)23-45(43,44)24-32-16-14-30(22-36(32)40)38-34(12-6-18-42-38)28-10-4-8-26(2)20-28/h3-22H,23-24H2,1-2H3. The van der Waals surface area contributed by atoms with E-state index in [1.807, 2.05) is 86.6 Å². The number of halogens is 2. The summed E-state index contributed by atoms with van der Waals surface area (Å²) in [6.07, 6.45) is 3.28. The van der Waals surface area contributed by atoms with Crippen LogP contribution in [0, 0.1) is 25.5 Å². The second-order valence-corrected chi connectivity index (χ2v) is 13.2. The van der Waals surface area contributed by atoms with Crippen LogP contribution in [0.4, 0.5) is 8.78 Å². The molecule has 0 saturated carbocycles. The number of rotatable bonds is 8. The second-order valence-electron chi connectivity index (χ2n) is 11.2. The molecule has 6 rings (SSSR count). The van der Waals surface area contributed by atoms with Gasteiger partial charge in [0.05, 0.1) is 22.9 Å². The van der Waals surface area contributed by atoms with Crippen LogP contribution in [0.1, 0.15) is 22.3 Å². The van der Waals surface area contributed by atoms with Gasteiger partial charge in [-0.1, -0.05) is 96.1 Å². The number of pyridine rings is 2. The van der Waals surface area contributed by atoms with Crippen LogP contribution in [0.2, 0.25) is 0 Å². The molecule has 4 aromatic carbocycles. The Morgan fingerprint density at radius 2 is 0.978 bits per heavy atom. The molecule has 0 radical (unpaired) electrons. The number of nitrogens with zero attached hydrogens (tertiary/aromatic N) is 2. The average molecular weight is 617 g/mol. The fourth-order valence-corrected chi connectivity index (χ4v) is 7.03. The van der Waals surface area contributed by atoms with Crippen molar-refractivity contribution in [2.24, 2.45) is 0 Å². The van der Waals surface area contributed by atoms with E-state index in [-0.39, 0.29) is 11.1 Å². The first-order valence-corrected chi connectivity index (χ1v) is 16.3. The number of hydrogen-bond donors (Lipinski definition) is 0. The molecular weight excluding hydrogens is 586 g/mol. The average Bonchev–Trinajstić information content (AvgIpc) is 3.03. The lowest BCUT2D eigenvalue weighted by Crippen LogP contribution is -2.10. The number of benzene rings is 4. The second kappa shape index (κ2) is 12.5. The van der Waals surface area contributed by atoms with Crippen LogP contribution >= 0.6 is 0 Å². The van der Waals surface area contributed by atoms with Crippen LogP contribution in [0.3, 0.4) is 0 Å². The van der Waals surface area contributed by atoms with E-state index < -0.39 is 33.0 Å². The van der Waals surface area contributed by atoms with E-state index in [9.17, 15) is 8.42 Å². The molecule has 224 valence electrons. The third-order valence-electron chi connectivity index (χ3n) is 7.68. The molecular formula is C38H30F2N2O2S. The lowest BCUT2D eigenvalue weighted by atomic mass is 9.97. The van der Waals surface area contributed by atoms with Crippen molar-refractivity contribution in [2.75, 3.05) is 0 Å². The highest BCUT2D eigenvalue weighted by Crippen LogP contribution is 2.33. The van der Waals surface area contributed by atoms with Crippen molar-refractivity contribution in [3.63, 3.8) is 0 Å². The van der Waals surface area contributed by atoms with Gasteiger partial charge in [-0.25, -0.2) is 17.2 Å². The zero-order valence-electron chi connectivity index (χ0n) is 24.8. The molecule has 0 aliphatic rings. The van der Waals surface area contributed by atoms with Gasteiger partial charge in [0, 0.05) is 45.8 Å². The third-order valence-corrected chi connectivity index (χ3v) is 9.18. The van der Waals surface area contributed by atoms with Crippen molar-refractivity contribution in [1.82, 2.24) is 9.97 Å². The zero-order valence-corrected chi connectivity index (χ0v) is 25.7. The molecule has 4 nitrogen and oxygen atoms in total. The fourth-order valence-electron chi connectivity index (χ4n) is 5.51. The first-order chi connectivity index (χ1) is 21.7. The predicted octanol–water partition coefficient (Wildman–Crippen LogP) is 9.15. The van der Waals surface area contributed by atoms with E-state index in [0.717, 1.165) is 33.4 Å². The lowest BCUT2D eigenvalue weighted by Gasteiger charge is -2.12. The van der Waals surface area contributed by atoms with Gasteiger partial charge >= 0.3 is 0 Å². The largest absolute Gasteiger partial charge is 0.256 e. The normalized spacial score (nSPS) is 11.5. The molecule has 0 saturated heterocycles. The van der Waals surface area contributed by atoms with Crippen molar-refractivity contribution < 1.29 is 17.2 Å². The highest BCUT2D eigenvalue weighted by Gasteiger charge is 2.20. The number of sulfone groups is 1. The number of hydrogen-bond acceptors (Lipinski definition) is 4. The topological polar surface area (TPSA) is 59.9 Å². The van der Waals surface area contributed by atoms with Gasteiger partial charge in [-0.2, -0.15) is 0 Å². The summed E-state index contributed by atoms with van der Waals surface area (Å²) in [6.45, 7) is 4.00. The minimum absolute atomic E-state index is 0.0140. The van der Waals surface area contributed by atoms with Crippen LogP contribution in [0.5, 0.6) is 0 Å². The Morgan fingerprint density at radius 3 is 1.38 bits per heavy atom. The van der Waals surface area contributed by atoms with E-state index in [2.05, 4.69) is 9.97 Å². The number of aryl methyl sites for hydroxylation is 2. The maximum Gasteiger partial charge on any atom is 0.158 e. The van der Waals surface area contributed by atoms with E-state index in [0.29, 0.717) is 22.5 Å². The molecule has 0 aliphatic heterocycles. The quantitative estimate of drug-likeness (QED) is 0.171. The molecule has 0 bridgehead atoms. The summed E-state index contributed by atoms with van der Waals surface area (Å²) < 4.78 is 57.0. The third kappa shape index (κ3) is 6.74. The van der Waals surface area contributed by atoms with Crippen molar-refractivity contribution in [3.05, 3.63) is 155 Å². The Hall–Kier alpha value is -5.01. The maximum atomic E-state index is 15.4. The van der Waals surface area contributed by atoms with Crippen LogP contribution in [0.15, 0.2) is 122 Å². The van der Waals surface area contributed by atoms with E-state index >= 15 is 8.78 Å². The molecule has 45 heavy (non-hydrogen) atoms. The highest BCUT2D eigenvalue weighted by molar-refractivity contribution is 7.89. The minimum Gasteiger partial charge on any atom is -0.256 e. The van der Waals surface area contributed by atoms with Crippen LogP contribution in [0.25, 0.3) is 44.8 Å². The summed E-state index contributed by atoms with van der Waals surface area (Å²) in [4.78, 5) is 8.98. The van der Waals surface area contributed by atoms with Gasteiger partial charge in [-0.3, -0.25) is 9.97 Å². The first kappa shape index (κ1) is 30.0. The van der Waals surface area contributed by atoms with E-state index in [1.165, 1.54) is 24.3 Å². The Bertz CT molecular complexity index is 2000. The summed E-state index contributed by atoms with van der Waals surface area (Å²) in [7, 11) is -3.91. The minimum atomic E-state index is -3.91. The monoisotopic (exact) mass is 616 g/mol. The molecule has 2 aromatic heterocycles. The molecule has 0 atom stereocenters. The summed E-state index contributed by atoms with van der Waals surface area (Å²) in [5.74, 6) is -2.45. The Morgan fingerprint density at radius 1 is 0.533 bits per heavy atom. The Labute approximate surface area is 262 Å². The van der Waals surface area contributed by atoms with Gasteiger partial charge in [0.2, 0.25) is 0 Å². The van der Waals surface area contributed by atoms with Crippen molar-refractivity contribution in [3.8, 4) is 44.8 Å². The zero-order chi connectivity index (χ0) is 31.6. The van der Waals surface area contributed by atoms with Crippen LogP contribution in [-0.2, 0) is 21.3 Å². The Balaban J connectivity index is 1.23. The predicted molar refractivity (Wildman–Crippen MR) is 176 cm³/mol. The maximum absolute atomic E-state index is 15.4. The number of aromatic nitrogens is 2. The smallest absolute Gasteiger partial charge is 0.158 e. The van der Waals surface area contributed by atoms with Gasteiger partial charge in [0.15, 0.2) is 9.84 Å². The highest BCUT2D eigenvalue weighted by atomic mass is 32.2. The molecule has 0 N–H and O–H groups in total. The molecule has 0 fully saturated rings. The molecule has 0 spiro atoms. The fraction of sp³-hybridized carbons (Fsp3) is 0.105. The van der Waals surface area contributed by atoms with Crippen LogP contribution in [-0.4, -0.2) is 18.4 Å². The van der Waals surface area contributed by atoms with Gasteiger partial charge in [0.1, 0.15) is 11.6 Å². The van der Waals surface area contributed by atoms with Crippen LogP contribution < -0.4 is 0 Å². The molecule has 0 aliphatic carbocycles. The molecule has 0 unspecified atom stereocenters. The van der Waals surface area contributed by atoms with Gasteiger partial charge in [0.25, 0.3) is 0 Å². The van der Waals surface area contributed by atoms with Crippen molar-refractivity contribution in [2.45, 2.75) is 25.4 Å².